The number of methoxy groups -OCH3 is 1. The summed E-state index contributed by atoms with van der Waals surface area (Å²) in [6, 6.07) is 4.32. The molecule has 0 bridgehead atoms. The number of alkyl halides is 1. The van der Waals surface area contributed by atoms with Crippen LogP contribution in [0.25, 0.3) is 0 Å². The van der Waals surface area contributed by atoms with Gasteiger partial charge in [0.1, 0.15) is 5.76 Å². The molecule has 122 valence electrons. The third-order valence-corrected chi connectivity index (χ3v) is 6.41. The van der Waals surface area contributed by atoms with Crippen LogP contribution in [0, 0.1) is 0 Å². The van der Waals surface area contributed by atoms with E-state index in [2.05, 4.69) is 23.1 Å². The monoisotopic (exact) mass is 333 g/mol. The Morgan fingerprint density at radius 3 is 2.91 bits per heavy atom. The van der Waals surface area contributed by atoms with Crippen LogP contribution in [0.15, 0.2) is 24.0 Å². The zero-order valence-electron chi connectivity index (χ0n) is 13.2. The zero-order chi connectivity index (χ0) is 15.6. The largest absolute Gasteiger partial charge is 0.500 e. The first-order chi connectivity index (χ1) is 11.2. The van der Waals surface area contributed by atoms with Crippen molar-refractivity contribution in [2.24, 2.45) is 0 Å². The fourth-order valence-corrected chi connectivity index (χ4v) is 5.45. The Bertz CT molecular complexity index is 704. The van der Waals surface area contributed by atoms with Crippen molar-refractivity contribution in [3.63, 3.8) is 0 Å². The maximum Gasteiger partial charge on any atom is 0.231 e. The summed E-state index contributed by atoms with van der Waals surface area (Å²) >= 11 is 6.87. The highest BCUT2D eigenvalue weighted by atomic mass is 35.5. The molecule has 5 rings (SSSR count). The molecule has 5 heteroatoms. The van der Waals surface area contributed by atoms with Gasteiger partial charge in [0, 0.05) is 12.5 Å². The number of hydrogen-bond acceptors (Lipinski definition) is 4. The minimum Gasteiger partial charge on any atom is -0.500 e. The number of benzene rings is 1. The summed E-state index contributed by atoms with van der Waals surface area (Å²) in [5.74, 6) is 2.84. The first-order valence-corrected chi connectivity index (χ1v) is 8.75. The van der Waals surface area contributed by atoms with Crippen molar-refractivity contribution in [3.8, 4) is 11.5 Å². The van der Waals surface area contributed by atoms with Crippen LogP contribution in [0.3, 0.4) is 0 Å². The quantitative estimate of drug-likeness (QED) is 0.739. The van der Waals surface area contributed by atoms with E-state index in [1.165, 1.54) is 17.5 Å². The van der Waals surface area contributed by atoms with Gasteiger partial charge in [-0.15, -0.1) is 11.6 Å². The van der Waals surface area contributed by atoms with E-state index < -0.39 is 0 Å². The van der Waals surface area contributed by atoms with Crippen LogP contribution in [-0.4, -0.2) is 42.8 Å². The number of nitrogens with zero attached hydrogens (tertiary/aromatic N) is 1. The van der Waals surface area contributed by atoms with E-state index in [0.29, 0.717) is 6.79 Å². The molecule has 1 spiro atoms. The van der Waals surface area contributed by atoms with Crippen LogP contribution in [-0.2, 0) is 11.2 Å². The predicted molar refractivity (Wildman–Crippen MR) is 87.3 cm³/mol. The van der Waals surface area contributed by atoms with Gasteiger partial charge in [-0.05, 0) is 55.1 Å². The van der Waals surface area contributed by atoms with Crippen LogP contribution in [0.1, 0.15) is 29.9 Å². The molecule has 3 aliphatic heterocycles. The van der Waals surface area contributed by atoms with Crippen molar-refractivity contribution in [2.45, 2.75) is 36.1 Å². The number of halogens is 1. The molecular weight excluding hydrogens is 314 g/mol. The van der Waals surface area contributed by atoms with Crippen molar-refractivity contribution in [1.82, 2.24) is 4.90 Å². The lowest BCUT2D eigenvalue weighted by atomic mass is 9.78. The van der Waals surface area contributed by atoms with Gasteiger partial charge >= 0.3 is 0 Å². The molecule has 4 aliphatic rings. The van der Waals surface area contributed by atoms with Crippen LogP contribution in [0.4, 0.5) is 0 Å². The Kier molecular flexibility index (Phi) is 2.92. The molecule has 3 atom stereocenters. The van der Waals surface area contributed by atoms with Gasteiger partial charge in [-0.3, -0.25) is 4.90 Å². The maximum atomic E-state index is 6.87. The Hall–Kier alpha value is -1.39. The first kappa shape index (κ1) is 14.0. The predicted octanol–water partition coefficient (Wildman–Crippen LogP) is 3.04. The minimum atomic E-state index is -0.127. The second-order valence-corrected chi connectivity index (χ2v) is 7.34. The molecule has 0 saturated carbocycles. The summed E-state index contributed by atoms with van der Waals surface area (Å²) in [4.78, 5) is 2.60. The van der Waals surface area contributed by atoms with Gasteiger partial charge in [0.2, 0.25) is 6.79 Å². The van der Waals surface area contributed by atoms with Gasteiger partial charge < -0.3 is 14.2 Å². The maximum absolute atomic E-state index is 6.87. The van der Waals surface area contributed by atoms with Crippen molar-refractivity contribution in [3.05, 3.63) is 35.1 Å². The molecule has 3 unspecified atom stereocenters. The SMILES string of the molecule is COC1=CC23CCCN2CCc2cc4c(cc2C3C1Cl)OCO4. The molecule has 1 aromatic carbocycles. The lowest BCUT2D eigenvalue weighted by Crippen LogP contribution is -2.46. The van der Waals surface area contributed by atoms with Gasteiger partial charge in [-0.2, -0.15) is 0 Å². The van der Waals surface area contributed by atoms with E-state index in [1.807, 2.05) is 0 Å². The molecule has 0 N–H and O–H groups in total. The lowest BCUT2D eigenvalue weighted by molar-refractivity contribution is 0.170. The van der Waals surface area contributed by atoms with E-state index in [9.17, 15) is 0 Å². The Labute approximate surface area is 141 Å². The minimum absolute atomic E-state index is 0.00327. The molecule has 0 radical (unpaired) electrons. The van der Waals surface area contributed by atoms with Crippen LogP contribution < -0.4 is 9.47 Å². The molecule has 1 fully saturated rings. The third-order valence-electron chi connectivity index (χ3n) is 5.95. The molecular formula is C18H20ClNO3. The Morgan fingerprint density at radius 2 is 2.09 bits per heavy atom. The number of ether oxygens (including phenoxy) is 3. The summed E-state index contributed by atoms with van der Waals surface area (Å²) in [5, 5.41) is -0.127. The molecule has 23 heavy (non-hydrogen) atoms. The fourth-order valence-electron chi connectivity index (χ4n) is 4.95. The third kappa shape index (κ3) is 1.76. The van der Waals surface area contributed by atoms with E-state index >= 15 is 0 Å². The molecule has 0 aromatic heterocycles. The van der Waals surface area contributed by atoms with Gasteiger partial charge in [-0.25, -0.2) is 0 Å². The number of hydrogen-bond donors (Lipinski definition) is 0. The summed E-state index contributed by atoms with van der Waals surface area (Å²) in [6.45, 7) is 2.50. The van der Waals surface area contributed by atoms with Gasteiger partial charge in [0.15, 0.2) is 11.5 Å². The van der Waals surface area contributed by atoms with Gasteiger partial charge in [0.25, 0.3) is 0 Å². The summed E-state index contributed by atoms with van der Waals surface area (Å²) < 4.78 is 16.8. The number of fused-ring (bicyclic) bond motifs is 3. The first-order valence-electron chi connectivity index (χ1n) is 8.31. The number of rotatable bonds is 1. The van der Waals surface area contributed by atoms with Crippen molar-refractivity contribution in [1.29, 1.82) is 0 Å². The summed E-state index contributed by atoms with van der Waals surface area (Å²) in [7, 11) is 1.73. The highest BCUT2D eigenvalue weighted by molar-refractivity contribution is 6.23. The average Bonchev–Trinajstić information content (AvgIpc) is 3.21. The van der Waals surface area contributed by atoms with E-state index in [0.717, 1.165) is 43.2 Å². The fraction of sp³-hybridized carbons (Fsp3) is 0.556. The topological polar surface area (TPSA) is 30.9 Å². The summed E-state index contributed by atoms with van der Waals surface area (Å²) in [5.41, 5.74) is 2.64. The standard InChI is InChI=1S/C18H20ClNO3/c1-21-15-9-18-4-2-5-20(18)6-3-11-7-13-14(23-10-22-13)8-12(11)16(18)17(15)19/h7-9,16-17H,2-6,10H2,1H3. The Balaban J connectivity index is 1.70. The van der Waals surface area contributed by atoms with Gasteiger partial charge in [-0.1, -0.05) is 0 Å². The smallest absolute Gasteiger partial charge is 0.231 e. The molecule has 1 aliphatic carbocycles. The molecule has 1 saturated heterocycles. The van der Waals surface area contributed by atoms with Crippen molar-refractivity contribution in [2.75, 3.05) is 27.0 Å². The van der Waals surface area contributed by atoms with Crippen molar-refractivity contribution >= 4 is 11.6 Å². The van der Waals surface area contributed by atoms with Crippen LogP contribution >= 0.6 is 11.6 Å². The highest BCUT2D eigenvalue weighted by Crippen LogP contribution is 2.56. The van der Waals surface area contributed by atoms with Crippen LogP contribution in [0.5, 0.6) is 11.5 Å². The molecule has 1 aromatic rings. The zero-order valence-corrected chi connectivity index (χ0v) is 13.9. The lowest BCUT2D eigenvalue weighted by Gasteiger charge is -2.38. The second-order valence-electron chi connectivity index (χ2n) is 6.87. The number of allylic oxidation sites excluding steroid dienone is 1. The molecule has 4 nitrogen and oxygen atoms in total. The van der Waals surface area contributed by atoms with Crippen LogP contribution in [0.2, 0.25) is 0 Å². The Morgan fingerprint density at radius 1 is 1.26 bits per heavy atom. The molecule has 3 heterocycles. The summed E-state index contributed by atoms with van der Waals surface area (Å²) in [6.07, 6.45) is 5.68. The van der Waals surface area contributed by atoms with E-state index in [1.54, 1.807) is 7.11 Å². The highest BCUT2D eigenvalue weighted by Gasteiger charge is 2.56. The second kappa shape index (κ2) is 4.81. The van der Waals surface area contributed by atoms with E-state index in [4.69, 9.17) is 25.8 Å². The van der Waals surface area contributed by atoms with E-state index in [-0.39, 0.29) is 16.8 Å². The molecule has 0 amide bonds. The van der Waals surface area contributed by atoms with Crippen molar-refractivity contribution < 1.29 is 14.2 Å². The average molecular weight is 334 g/mol. The van der Waals surface area contributed by atoms with Gasteiger partial charge in [0.05, 0.1) is 18.0 Å². The normalized spacial score (nSPS) is 34.4.